The van der Waals surface area contributed by atoms with Gasteiger partial charge in [0.25, 0.3) is 11.8 Å². The Bertz CT molecular complexity index is 925. The van der Waals surface area contributed by atoms with E-state index in [-0.39, 0.29) is 28.7 Å². The molecule has 0 unspecified atom stereocenters. The first-order valence-corrected chi connectivity index (χ1v) is 9.66. The molecule has 3 aromatic rings. The summed E-state index contributed by atoms with van der Waals surface area (Å²) in [5, 5.41) is 7.98. The van der Waals surface area contributed by atoms with E-state index in [0.717, 1.165) is 22.0 Å². The van der Waals surface area contributed by atoms with Crippen molar-refractivity contribution in [1.29, 1.82) is 0 Å². The number of benzene rings is 1. The molecule has 26 heavy (non-hydrogen) atoms. The van der Waals surface area contributed by atoms with Gasteiger partial charge < -0.3 is 16.4 Å². The number of aromatic nitrogens is 1. The molecule has 6 nitrogen and oxygen atoms in total. The largest absolute Gasteiger partial charge is 0.395 e. The fourth-order valence-electron chi connectivity index (χ4n) is 2.19. The number of carbonyl (C=O) groups excluding carboxylic acids is 2. The van der Waals surface area contributed by atoms with Crippen LogP contribution in [0.3, 0.4) is 0 Å². The first-order chi connectivity index (χ1) is 12.6. The van der Waals surface area contributed by atoms with Crippen molar-refractivity contribution in [3.05, 3.63) is 67.8 Å². The van der Waals surface area contributed by atoms with Gasteiger partial charge in [-0.25, -0.2) is 0 Å². The van der Waals surface area contributed by atoms with Crippen LogP contribution >= 0.6 is 34.5 Å². The lowest BCUT2D eigenvalue weighted by atomic mass is 10.2. The van der Waals surface area contributed by atoms with Crippen LogP contribution in [0.15, 0.2) is 41.8 Å². The van der Waals surface area contributed by atoms with Gasteiger partial charge in [0.2, 0.25) is 0 Å². The van der Waals surface area contributed by atoms with Crippen LogP contribution in [0.4, 0.5) is 5.69 Å². The summed E-state index contributed by atoms with van der Waals surface area (Å²) in [7, 11) is 0. The number of anilines is 1. The van der Waals surface area contributed by atoms with E-state index in [0.29, 0.717) is 11.6 Å². The molecule has 2 heterocycles. The topological polar surface area (TPSA) is 97.1 Å². The third-order valence-electron chi connectivity index (χ3n) is 3.55. The fraction of sp³-hybridized carbons (Fsp3) is 0.118. The van der Waals surface area contributed by atoms with Gasteiger partial charge in [-0.15, -0.1) is 11.3 Å². The summed E-state index contributed by atoms with van der Waals surface area (Å²) in [5.74, 6) is -0.797. The molecule has 0 fully saturated rings. The number of hydrogen-bond donors (Lipinski definition) is 3. The maximum Gasteiger partial charge on any atom is 0.273 e. The lowest BCUT2D eigenvalue weighted by Crippen LogP contribution is -2.25. The number of nitrogens with zero attached hydrogens (tertiary/aromatic N) is 1. The van der Waals surface area contributed by atoms with Crippen LogP contribution < -0.4 is 16.4 Å². The highest BCUT2D eigenvalue weighted by molar-refractivity contribution is 7.10. The Morgan fingerprint density at radius 1 is 1.08 bits per heavy atom. The summed E-state index contributed by atoms with van der Waals surface area (Å²) in [6.45, 7) is 0.650. The molecule has 1 aromatic carbocycles. The molecule has 2 aromatic heterocycles. The monoisotopic (exact) mass is 406 g/mol. The molecule has 0 atom stereocenters. The third kappa shape index (κ3) is 4.21. The Hall–Kier alpha value is -2.42. The van der Waals surface area contributed by atoms with Gasteiger partial charge in [0.1, 0.15) is 4.88 Å². The Morgan fingerprint density at radius 3 is 2.58 bits per heavy atom. The van der Waals surface area contributed by atoms with E-state index in [1.807, 2.05) is 35.7 Å². The molecule has 9 heteroatoms. The quantitative estimate of drug-likeness (QED) is 0.585. The molecule has 0 saturated heterocycles. The van der Waals surface area contributed by atoms with E-state index in [2.05, 4.69) is 15.0 Å². The maximum atomic E-state index is 12.3. The zero-order chi connectivity index (χ0) is 18.5. The number of hydrogen-bond acceptors (Lipinski definition) is 6. The molecule has 0 saturated carbocycles. The molecule has 0 aliphatic heterocycles. The van der Waals surface area contributed by atoms with Crippen LogP contribution in [0.1, 0.15) is 30.6 Å². The van der Waals surface area contributed by atoms with Gasteiger partial charge in [0, 0.05) is 16.4 Å². The van der Waals surface area contributed by atoms with Crippen LogP contribution in [-0.2, 0) is 13.1 Å². The first-order valence-electron chi connectivity index (χ1n) is 7.63. The van der Waals surface area contributed by atoms with Gasteiger partial charge in [0.05, 0.1) is 12.2 Å². The number of thiophene rings is 1. The number of nitrogen functional groups attached to an aromatic ring is 1. The number of nitrogens with one attached hydrogen (secondary N) is 2. The van der Waals surface area contributed by atoms with Crippen LogP contribution in [0.25, 0.3) is 0 Å². The average molecular weight is 407 g/mol. The predicted molar refractivity (Wildman–Crippen MR) is 105 cm³/mol. The van der Waals surface area contributed by atoms with Crippen molar-refractivity contribution in [3.8, 4) is 0 Å². The van der Waals surface area contributed by atoms with Crippen LogP contribution in [-0.4, -0.2) is 16.2 Å². The summed E-state index contributed by atoms with van der Waals surface area (Å²) in [6.07, 6.45) is 0. The number of rotatable bonds is 6. The zero-order valence-corrected chi connectivity index (χ0v) is 15.9. The van der Waals surface area contributed by atoms with E-state index < -0.39 is 5.91 Å². The van der Waals surface area contributed by atoms with Crippen molar-refractivity contribution in [2.45, 2.75) is 13.1 Å². The molecule has 0 bridgehead atoms. The number of nitrogens with two attached hydrogens (primary N) is 1. The summed E-state index contributed by atoms with van der Waals surface area (Å²) < 4.78 is 4.03. The summed E-state index contributed by atoms with van der Waals surface area (Å²) in [4.78, 5) is 25.8. The highest BCUT2D eigenvalue weighted by Crippen LogP contribution is 2.22. The second kappa shape index (κ2) is 8.31. The van der Waals surface area contributed by atoms with Gasteiger partial charge in [0.15, 0.2) is 5.69 Å². The summed E-state index contributed by atoms with van der Waals surface area (Å²) in [5.41, 5.74) is 6.86. The number of halogens is 1. The van der Waals surface area contributed by atoms with Gasteiger partial charge in [-0.2, -0.15) is 4.37 Å². The lowest BCUT2D eigenvalue weighted by Gasteiger charge is -2.06. The van der Waals surface area contributed by atoms with Crippen molar-refractivity contribution in [1.82, 2.24) is 15.0 Å². The third-order valence-corrected chi connectivity index (χ3v) is 5.66. The van der Waals surface area contributed by atoms with Crippen molar-refractivity contribution in [2.24, 2.45) is 0 Å². The second-order valence-corrected chi connectivity index (χ2v) is 7.52. The molecule has 0 spiro atoms. The van der Waals surface area contributed by atoms with Crippen molar-refractivity contribution < 1.29 is 9.59 Å². The first kappa shape index (κ1) is 18.4. The highest BCUT2D eigenvalue weighted by Gasteiger charge is 2.22. The molecule has 0 radical (unpaired) electrons. The minimum Gasteiger partial charge on any atom is -0.395 e. The Morgan fingerprint density at radius 2 is 1.85 bits per heavy atom. The highest BCUT2D eigenvalue weighted by atomic mass is 35.5. The molecule has 2 amide bonds. The maximum absolute atomic E-state index is 12.3. The predicted octanol–water partition coefficient (Wildman–Crippen LogP) is 3.30. The van der Waals surface area contributed by atoms with E-state index in [9.17, 15) is 9.59 Å². The smallest absolute Gasteiger partial charge is 0.273 e. The normalized spacial score (nSPS) is 10.5. The van der Waals surface area contributed by atoms with E-state index in [4.69, 9.17) is 17.3 Å². The minimum absolute atomic E-state index is 0.0447. The van der Waals surface area contributed by atoms with Gasteiger partial charge >= 0.3 is 0 Å². The molecule has 4 N–H and O–H groups in total. The van der Waals surface area contributed by atoms with Crippen molar-refractivity contribution >= 4 is 52.0 Å². The fourth-order valence-corrected chi connectivity index (χ4v) is 3.75. The molecule has 0 aliphatic carbocycles. The number of carbonyl (C=O) groups is 2. The minimum atomic E-state index is -0.448. The molecular weight excluding hydrogens is 392 g/mol. The zero-order valence-electron chi connectivity index (χ0n) is 13.5. The van der Waals surface area contributed by atoms with E-state index >= 15 is 0 Å². The molecular formula is C17H15ClN4O2S2. The Kier molecular flexibility index (Phi) is 5.87. The Balaban J connectivity index is 1.63. The van der Waals surface area contributed by atoms with Gasteiger partial charge in [-0.3, -0.25) is 9.59 Å². The molecule has 0 aliphatic rings. The van der Waals surface area contributed by atoms with E-state index in [1.54, 1.807) is 17.4 Å². The van der Waals surface area contributed by atoms with Gasteiger partial charge in [-0.1, -0.05) is 35.9 Å². The van der Waals surface area contributed by atoms with Crippen molar-refractivity contribution in [2.75, 3.05) is 5.73 Å². The molecule has 3 rings (SSSR count). The second-order valence-electron chi connectivity index (χ2n) is 5.31. The summed E-state index contributed by atoms with van der Waals surface area (Å²) in [6, 6.07) is 11.0. The van der Waals surface area contributed by atoms with Crippen LogP contribution in [0.2, 0.25) is 5.02 Å². The standard InChI is InChI=1S/C17H15ClN4O2S2/c18-12-6-2-1-4-10(12)8-20-16(23)14-13(19)15(26-22-14)17(24)21-9-11-5-3-7-25-11/h1-7H,8-9,19H2,(H,20,23)(H,21,24). The average Bonchev–Trinajstić information content (AvgIpc) is 3.28. The Labute approximate surface area is 163 Å². The van der Waals surface area contributed by atoms with Crippen molar-refractivity contribution in [3.63, 3.8) is 0 Å². The van der Waals surface area contributed by atoms with Gasteiger partial charge in [-0.05, 0) is 34.6 Å². The SMILES string of the molecule is Nc1c(C(=O)NCc2ccccc2Cl)nsc1C(=O)NCc1cccs1. The number of amides is 2. The van der Waals surface area contributed by atoms with Crippen LogP contribution in [0, 0.1) is 0 Å². The van der Waals surface area contributed by atoms with Crippen LogP contribution in [0.5, 0.6) is 0 Å². The lowest BCUT2D eigenvalue weighted by molar-refractivity contribution is 0.0947. The van der Waals surface area contributed by atoms with E-state index in [1.165, 1.54) is 0 Å². The summed E-state index contributed by atoms with van der Waals surface area (Å²) >= 11 is 8.52. The molecule has 134 valence electrons.